The maximum atomic E-state index is 14.6. The van der Waals surface area contributed by atoms with E-state index in [0.717, 1.165) is 39.8 Å². The van der Waals surface area contributed by atoms with Gasteiger partial charge in [0, 0.05) is 67.4 Å². The summed E-state index contributed by atoms with van der Waals surface area (Å²) in [5, 5.41) is 9.44. The molecule has 1 aliphatic rings. The van der Waals surface area contributed by atoms with Crippen molar-refractivity contribution in [3.05, 3.63) is 104 Å². The molecule has 12 nitrogen and oxygen atoms in total. The smallest absolute Gasteiger partial charge is 0.404 e. The molecule has 1 unspecified atom stereocenters. The number of nitrogens with two attached hydrogens (primary N) is 1. The number of urea groups is 1. The first-order valence-electron chi connectivity index (χ1n) is 18.6. The highest BCUT2D eigenvalue weighted by Crippen LogP contribution is 2.30. The monoisotopic (exact) mass is 775 g/mol. The number of carbonyl (C=O) groups is 3. The lowest BCUT2D eigenvalue weighted by Crippen LogP contribution is -2.54. The summed E-state index contributed by atoms with van der Waals surface area (Å²) in [6.45, 7) is 7.93. The van der Waals surface area contributed by atoms with Gasteiger partial charge in [-0.1, -0.05) is 74.5 Å². The molecule has 0 aliphatic carbocycles. The lowest BCUT2D eigenvalue weighted by atomic mass is 9.84. The molecule has 290 valence electrons. The first kappa shape index (κ1) is 40.8. The van der Waals surface area contributed by atoms with Crippen LogP contribution in [0.2, 0.25) is 0 Å². The first-order chi connectivity index (χ1) is 26.1. The zero-order valence-corrected chi connectivity index (χ0v) is 33.0. The highest BCUT2D eigenvalue weighted by molar-refractivity contribution is 7.09. The number of nitrogens with zero attached hydrogens (tertiary/aromatic N) is 4. The van der Waals surface area contributed by atoms with Crippen molar-refractivity contribution in [1.82, 2.24) is 30.4 Å². The number of morpholine rings is 1. The third-order valence-electron chi connectivity index (χ3n) is 9.60. The molecule has 0 saturated carbocycles. The molecule has 1 fully saturated rings. The van der Waals surface area contributed by atoms with E-state index in [1.807, 2.05) is 65.6 Å². The molecule has 4 N–H and O–H groups in total. The van der Waals surface area contributed by atoms with Gasteiger partial charge in [0.25, 0.3) is 0 Å². The fourth-order valence-electron chi connectivity index (χ4n) is 6.66. The van der Waals surface area contributed by atoms with Gasteiger partial charge in [-0.2, -0.15) is 0 Å². The highest BCUT2D eigenvalue weighted by atomic mass is 32.1. The number of ether oxygens (including phenoxy) is 2. The summed E-state index contributed by atoms with van der Waals surface area (Å²) >= 11 is 3.16. The summed E-state index contributed by atoms with van der Waals surface area (Å²) in [5.74, 6) is -0.109. The molecule has 4 atom stereocenters. The van der Waals surface area contributed by atoms with Crippen molar-refractivity contribution in [2.24, 2.45) is 5.73 Å². The molecule has 5 rings (SSSR count). The van der Waals surface area contributed by atoms with Gasteiger partial charge in [-0.15, -0.1) is 22.7 Å². The van der Waals surface area contributed by atoms with Crippen molar-refractivity contribution in [2.45, 2.75) is 82.5 Å². The van der Waals surface area contributed by atoms with Crippen molar-refractivity contribution in [3.63, 3.8) is 0 Å². The standard InChI is InChI=1S/C40H53N7O5S2/c1-28(2)38-43-31(26-53-38)25-46(3)40(50)45-36(16-17-47-18-20-51-21-19-47)37(48)44-35(15-14-32(52-39(41)49)22-29-10-6-4-7-11-29)34(23-33-24-42-27-54-33)30-12-8-5-9-13-30/h4-13,24,26-28,32,34-36H,14-23,25H2,1-3H3,(H2,41,49)(H,44,48)(H,45,50)/t32-,34?,35-,36+/m1/s1. The van der Waals surface area contributed by atoms with Gasteiger partial charge < -0.3 is 30.7 Å². The van der Waals surface area contributed by atoms with Crippen molar-refractivity contribution in [1.29, 1.82) is 0 Å². The predicted octanol–water partition coefficient (Wildman–Crippen LogP) is 5.95. The number of benzene rings is 2. The van der Waals surface area contributed by atoms with Crippen molar-refractivity contribution in [2.75, 3.05) is 39.9 Å². The number of primary amides is 1. The number of nitrogens with one attached hydrogen (secondary N) is 2. The number of amides is 4. The summed E-state index contributed by atoms with van der Waals surface area (Å²) in [6.07, 6.45) is 3.00. The van der Waals surface area contributed by atoms with Crippen LogP contribution >= 0.6 is 22.7 Å². The normalized spacial score (nSPS) is 15.6. The Bertz CT molecular complexity index is 1720. The van der Waals surface area contributed by atoms with Crippen molar-refractivity contribution in [3.8, 4) is 0 Å². The second-order valence-electron chi connectivity index (χ2n) is 14.1. The largest absolute Gasteiger partial charge is 0.446 e. The molecule has 54 heavy (non-hydrogen) atoms. The van der Waals surface area contributed by atoms with Crippen molar-refractivity contribution >= 4 is 40.7 Å². The topological polar surface area (TPSA) is 152 Å². The molecule has 14 heteroatoms. The van der Waals surface area contributed by atoms with E-state index in [0.29, 0.717) is 64.3 Å². The van der Waals surface area contributed by atoms with E-state index in [9.17, 15) is 14.4 Å². The molecule has 4 aromatic rings. The molecular weight excluding hydrogens is 723 g/mol. The maximum absolute atomic E-state index is 14.6. The molecule has 1 saturated heterocycles. The fraction of sp³-hybridized carbons (Fsp3) is 0.475. The Morgan fingerprint density at radius 3 is 2.33 bits per heavy atom. The van der Waals surface area contributed by atoms with Crippen LogP contribution in [0.4, 0.5) is 9.59 Å². The molecule has 2 aromatic carbocycles. The summed E-state index contributed by atoms with van der Waals surface area (Å²) < 4.78 is 11.2. The lowest BCUT2D eigenvalue weighted by Gasteiger charge is -2.33. The van der Waals surface area contributed by atoms with E-state index >= 15 is 0 Å². The minimum Gasteiger partial charge on any atom is -0.446 e. The number of aromatic nitrogens is 2. The quantitative estimate of drug-likeness (QED) is 0.106. The van der Waals surface area contributed by atoms with Gasteiger partial charge in [-0.25, -0.2) is 14.6 Å². The molecule has 0 spiro atoms. The number of carbonyl (C=O) groups excluding carboxylic acids is 3. The number of rotatable bonds is 19. The minimum atomic E-state index is -0.839. The Hall–Kier alpha value is -4.37. The second kappa shape index (κ2) is 20.9. The van der Waals surface area contributed by atoms with Crippen LogP contribution in [0.1, 0.15) is 71.7 Å². The molecule has 2 aromatic heterocycles. The predicted molar refractivity (Wildman–Crippen MR) is 213 cm³/mol. The molecule has 4 amide bonds. The third kappa shape index (κ3) is 12.9. The zero-order chi connectivity index (χ0) is 38.3. The van der Waals surface area contributed by atoms with E-state index in [-0.39, 0.29) is 23.9 Å². The van der Waals surface area contributed by atoms with Crippen molar-refractivity contribution < 1.29 is 23.9 Å². The summed E-state index contributed by atoms with van der Waals surface area (Å²) in [5.41, 5.74) is 10.2. The van der Waals surface area contributed by atoms with Crippen LogP contribution in [-0.4, -0.2) is 95.9 Å². The van der Waals surface area contributed by atoms with Crippen LogP contribution in [0.15, 0.2) is 77.8 Å². The lowest BCUT2D eigenvalue weighted by molar-refractivity contribution is -0.124. The zero-order valence-electron chi connectivity index (χ0n) is 31.4. The fourth-order valence-corrected chi connectivity index (χ4v) is 8.14. The van der Waals surface area contributed by atoms with Crippen LogP contribution in [0.25, 0.3) is 0 Å². The number of thiazole rings is 2. The molecule has 1 aliphatic heterocycles. The third-order valence-corrected chi connectivity index (χ3v) is 11.6. The van der Waals surface area contributed by atoms with Crippen LogP contribution < -0.4 is 16.4 Å². The number of hydrogen-bond donors (Lipinski definition) is 3. The SMILES string of the molecule is CC(C)c1nc(CN(C)C(=O)N[C@@H](CCN2CCOCC2)C(=O)N[C@H](CC[C@H](Cc2ccccc2)OC(N)=O)C(Cc2cncs2)c2ccccc2)cs1. The molecule has 0 radical (unpaired) electrons. The summed E-state index contributed by atoms with van der Waals surface area (Å²) in [7, 11) is 1.72. The van der Waals surface area contributed by atoms with Crippen LogP contribution in [0, 0.1) is 0 Å². The minimum absolute atomic E-state index is 0.139. The van der Waals surface area contributed by atoms with Gasteiger partial charge in [0.2, 0.25) is 5.91 Å². The summed E-state index contributed by atoms with van der Waals surface area (Å²) in [4.78, 5) is 54.2. The Morgan fingerprint density at radius 2 is 1.69 bits per heavy atom. The van der Waals surface area contributed by atoms with Crippen LogP contribution in [-0.2, 0) is 33.7 Å². The second-order valence-corrected chi connectivity index (χ2v) is 15.9. The van der Waals surface area contributed by atoms with E-state index in [1.165, 1.54) is 0 Å². The van der Waals surface area contributed by atoms with Gasteiger partial charge in [-0.3, -0.25) is 14.7 Å². The van der Waals surface area contributed by atoms with Gasteiger partial charge in [0.05, 0.1) is 36.0 Å². The van der Waals surface area contributed by atoms with Crippen LogP contribution in [0.5, 0.6) is 0 Å². The van der Waals surface area contributed by atoms with E-state index in [4.69, 9.17) is 20.2 Å². The average molecular weight is 776 g/mol. The molecular formula is C40H53N7O5S2. The Kier molecular flexibility index (Phi) is 15.8. The van der Waals surface area contributed by atoms with E-state index in [1.54, 1.807) is 34.6 Å². The van der Waals surface area contributed by atoms with Gasteiger partial charge >= 0.3 is 12.1 Å². The Morgan fingerprint density at radius 1 is 0.963 bits per heavy atom. The molecule has 0 bridgehead atoms. The Balaban J connectivity index is 1.39. The Labute approximate surface area is 326 Å². The molecule has 3 heterocycles. The van der Waals surface area contributed by atoms with Gasteiger partial charge in [0.1, 0.15) is 12.1 Å². The number of hydrogen-bond acceptors (Lipinski definition) is 10. The van der Waals surface area contributed by atoms with Crippen LogP contribution in [0.3, 0.4) is 0 Å². The average Bonchev–Trinajstić information content (AvgIpc) is 3.88. The maximum Gasteiger partial charge on any atom is 0.404 e. The van der Waals surface area contributed by atoms with Gasteiger partial charge in [0.15, 0.2) is 0 Å². The first-order valence-corrected chi connectivity index (χ1v) is 20.4. The summed E-state index contributed by atoms with van der Waals surface area (Å²) in [6, 6.07) is 18.4. The van der Waals surface area contributed by atoms with E-state index < -0.39 is 18.2 Å². The van der Waals surface area contributed by atoms with E-state index in [2.05, 4.69) is 46.5 Å². The van der Waals surface area contributed by atoms with Gasteiger partial charge in [-0.05, 0) is 36.8 Å². The highest BCUT2D eigenvalue weighted by Gasteiger charge is 2.31.